The predicted molar refractivity (Wildman–Crippen MR) is 96.4 cm³/mol. The molecular formula is C19H20ClNO4. The van der Waals surface area contributed by atoms with Crippen LogP contribution in [0.25, 0.3) is 0 Å². The van der Waals surface area contributed by atoms with E-state index in [4.69, 9.17) is 16.3 Å². The van der Waals surface area contributed by atoms with Gasteiger partial charge in [0.1, 0.15) is 5.75 Å². The van der Waals surface area contributed by atoms with Crippen LogP contribution in [0.1, 0.15) is 35.7 Å². The fraction of sp³-hybridized carbons (Fsp3) is 0.263. The van der Waals surface area contributed by atoms with Gasteiger partial charge >= 0.3 is 5.97 Å². The van der Waals surface area contributed by atoms with Gasteiger partial charge in [0, 0.05) is 11.6 Å². The lowest BCUT2D eigenvalue weighted by Crippen LogP contribution is -2.32. The van der Waals surface area contributed by atoms with Gasteiger partial charge in [0.2, 0.25) is 0 Å². The molecule has 2 N–H and O–H groups in total. The van der Waals surface area contributed by atoms with Crippen molar-refractivity contribution in [2.75, 3.05) is 6.54 Å². The minimum Gasteiger partial charge on any atom is -0.490 e. The molecule has 1 amide bonds. The molecule has 1 atom stereocenters. The third-order valence-corrected chi connectivity index (χ3v) is 3.75. The van der Waals surface area contributed by atoms with Gasteiger partial charge in [-0.2, -0.15) is 0 Å². The number of hydrogen-bond acceptors (Lipinski definition) is 3. The molecule has 0 radical (unpaired) electrons. The summed E-state index contributed by atoms with van der Waals surface area (Å²) in [6, 6.07) is 13.5. The van der Waals surface area contributed by atoms with Crippen molar-refractivity contribution in [3.8, 4) is 5.75 Å². The molecule has 2 rings (SSSR count). The summed E-state index contributed by atoms with van der Waals surface area (Å²) in [4.78, 5) is 24.0. The van der Waals surface area contributed by atoms with E-state index < -0.39 is 17.8 Å². The summed E-state index contributed by atoms with van der Waals surface area (Å²) in [5.74, 6) is -1.86. The summed E-state index contributed by atoms with van der Waals surface area (Å²) in [6.45, 7) is 3.67. The van der Waals surface area contributed by atoms with E-state index in [1.165, 1.54) is 6.07 Å². The summed E-state index contributed by atoms with van der Waals surface area (Å²) in [7, 11) is 0. The summed E-state index contributed by atoms with van der Waals surface area (Å²) in [5, 5.41) is 12.5. The highest BCUT2D eigenvalue weighted by Crippen LogP contribution is 2.24. The van der Waals surface area contributed by atoms with Crippen molar-refractivity contribution in [3.63, 3.8) is 0 Å². The van der Waals surface area contributed by atoms with Gasteiger partial charge in [-0.25, -0.2) is 0 Å². The SMILES string of the molecule is CC(C)Oc1ccc(Cl)cc1C(=O)NCC(C(=O)O)c1ccccc1. The number of rotatable bonds is 7. The molecule has 6 heteroatoms. The van der Waals surface area contributed by atoms with E-state index in [-0.39, 0.29) is 18.2 Å². The Morgan fingerprint density at radius 2 is 1.84 bits per heavy atom. The maximum atomic E-state index is 12.5. The molecule has 2 aromatic rings. The molecule has 5 nitrogen and oxygen atoms in total. The molecule has 0 fully saturated rings. The van der Waals surface area contributed by atoms with Gasteiger partial charge in [-0.15, -0.1) is 0 Å². The van der Waals surface area contributed by atoms with Gasteiger partial charge in [-0.3, -0.25) is 9.59 Å². The second-order valence-corrected chi connectivity index (χ2v) is 6.26. The smallest absolute Gasteiger partial charge is 0.312 e. The van der Waals surface area contributed by atoms with Crippen LogP contribution in [0.2, 0.25) is 5.02 Å². The first kappa shape index (κ1) is 18.8. The molecule has 0 heterocycles. The third-order valence-electron chi connectivity index (χ3n) is 3.52. The first-order valence-electron chi connectivity index (χ1n) is 7.90. The second kappa shape index (κ2) is 8.53. The van der Waals surface area contributed by atoms with E-state index in [1.54, 1.807) is 36.4 Å². The van der Waals surface area contributed by atoms with E-state index in [0.29, 0.717) is 16.3 Å². The molecule has 0 saturated carbocycles. The molecule has 0 aliphatic heterocycles. The fourth-order valence-electron chi connectivity index (χ4n) is 2.36. The largest absolute Gasteiger partial charge is 0.490 e. The van der Waals surface area contributed by atoms with E-state index in [0.717, 1.165) is 0 Å². The van der Waals surface area contributed by atoms with Crippen molar-refractivity contribution in [2.45, 2.75) is 25.9 Å². The normalized spacial score (nSPS) is 11.8. The molecule has 25 heavy (non-hydrogen) atoms. The van der Waals surface area contributed by atoms with Crippen LogP contribution in [0.3, 0.4) is 0 Å². The number of halogens is 1. The average molecular weight is 362 g/mol. The van der Waals surface area contributed by atoms with Crippen LogP contribution in [0.4, 0.5) is 0 Å². The van der Waals surface area contributed by atoms with Gasteiger partial charge in [0.05, 0.1) is 17.6 Å². The number of carbonyl (C=O) groups is 2. The zero-order chi connectivity index (χ0) is 18.4. The Bertz CT molecular complexity index is 746. The Hall–Kier alpha value is -2.53. The van der Waals surface area contributed by atoms with E-state index in [9.17, 15) is 14.7 Å². The van der Waals surface area contributed by atoms with Crippen LogP contribution in [0, 0.1) is 0 Å². The average Bonchev–Trinajstić information content (AvgIpc) is 2.56. The topological polar surface area (TPSA) is 75.6 Å². The van der Waals surface area contributed by atoms with Gasteiger partial charge in [0.25, 0.3) is 5.91 Å². The summed E-state index contributed by atoms with van der Waals surface area (Å²) in [5.41, 5.74) is 0.901. The van der Waals surface area contributed by atoms with E-state index >= 15 is 0 Å². The summed E-state index contributed by atoms with van der Waals surface area (Å²) >= 11 is 5.98. The number of carboxylic acid groups (broad SMARTS) is 1. The fourth-order valence-corrected chi connectivity index (χ4v) is 2.53. The van der Waals surface area contributed by atoms with Gasteiger partial charge in [-0.1, -0.05) is 41.9 Å². The number of nitrogens with one attached hydrogen (secondary N) is 1. The number of benzene rings is 2. The molecule has 132 valence electrons. The molecule has 0 aromatic heterocycles. The summed E-state index contributed by atoms with van der Waals surface area (Å²) in [6.07, 6.45) is -0.108. The second-order valence-electron chi connectivity index (χ2n) is 5.82. The first-order valence-corrected chi connectivity index (χ1v) is 8.28. The Kier molecular flexibility index (Phi) is 6.42. The molecule has 2 aromatic carbocycles. The van der Waals surface area contributed by atoms with Crippen LogP contribution in [0.15, 0.2) is 48.5 Å². The van der Waals surface area contributed by atoms with Crippen molar-refractivity contribution in [3.05, 3.63) is 64.7 Å². The summed E-state index contributed by atoms with van der Waals surface area (Å²) < 4.78 is 5.62. The zero-order valence-electron chi connectivity index (χ0n) is 14.0. The Morgan fingerprint density at radius 1 is 1.16 bits per heavy atom. The highest BCUT2D eigenvalue weighted by atomic mass is 35.5. The van der Waals surface area contributed by atoms with Crippen molar-refractivity contribution < 1.29 is 19.4 Å². The lowest BCUT2D eigenvalue weighted by Gasteiger charge is -2.17. The van der Waals surface area contributed by atoms with E-state index in [1.807, 2.05) is 19.9 Å². The first-order chi connectivity index (χ1) is 11.9. The number of carboxylic acids is 1. The molecule has 1 unspecified atom stereocenters. The lowest BCUT2D eigenvalue weighted by atomic mass is 9.99. The molecular weight excluding hydrogens is 342 g/mol. The van der Waals surface area contributed by atoms with Crippen molar-refractivity contribution in [2.24, 2.45) is 0 Å². The van der Waals surface area contributed by atoms with Crippen molar-refractivity contribution >= 4 is 23.5 Å². The minimum atomic E-state index is -1.00. The standard InChI is InChI=1S/C19H20ClNO4/c1-12(2)25-17-9-8-14(20)10-15(17)18(22)21-11-16(19(23)24)13-6-4-3-5-7-13/h3-10,12,16H,11H2,1-2H3,(H,21,22)(H,23,24). The highest BCUT2D eigenvalue weighted by Gasteiger charge is 2.22. The Morgan fingerprint density at radius 3 is 2.44 bits per heavy atom. The number of hydrogen-bond donors (Lipinski definition) is 2. The molecule has 0 aliphatic carbocycles. The predicted octanol–water partition coefficient (Wildman–Crippen LogP) is 3.73. The van der Waals surface area contributed by atoms with Crippen LogP contribution in [-0.2, 0) is 4.79 Å². The highest BCUT2D eigenvalue weighted by molar-refractivity contribution is 6.31. The van der Waals surface area contributed by atoms with Crippen LogP contribution < -0.4 is 10.1 Å². The van der Waals surface area contributed by atoms with Crippen LogP contribution in [0.5, 0.6) is 5.75 Å². The Labute approximate surface area is 151 Å². The quantitative estimate of drug-likeness (QED) is 0.788. The van der Waals surface area contributed by atoms with Crippen LogP contribution in [-0.4, -0.2) is 29.6 Å². The zero-order valence-corrected chi connectivity index (χ0v) is 14.8. The number of aliphatic carboxylic acids is 1. The Balaban J connectivity index is 2.16. The van der Waals surface area contributed by atoms with E-state index in [2.05, 4.69) is 5.32 Å². The molecule has 0 aliphatic rings. The molecule has 0 saturated heterocycles. The lowest BCUT2D eigenvalue weighted by molar-refractivity contribution is -0.138. The maximum Gasteiger partial charge on any atom is 0.312 e. The van der Waals surface area contributed by atoms with Crippen molar-refractivity contribution in [1.29, 1.82) is 0 Å². The molecule has 0 bridgehead atoms. The monoisotopic (exact) mass is 361 g/mol. The van der Waals surface area contributed by atoms with Gasteiger partial charge in [-0.05, 0) is 37.6 Å². The third kappa shape index (κ3) is 5.22. The van der Waals surface area contributed by atoms with Gasteiger partial charge < -0.3 is 15.2 Å². The van der Waals surface area contributed by atoms with Crippen LogP contribution >= 0.6 is 11.6 Å². The number of ether oxygens (including phenoxy) is 1. The molecule has 0 spiro atoms. The maximum absolute atomic E-state index is 12.5. The number of carbonyl (C=O) groups excluding carboxylic acids is 1. The number of amides is 1. The van der Waals surface area contributed by atoms with Crippen molar-refractivity contribution in [1.82, 2.24) is 5.32 Å². The minimum absolute atomic E-state index is 0.0359. The van der Waals surface area contributed by atoms with Gasteiger partial charge in [0.15, 0.2) is 0 Å².